The molecule has 7 atom stereocenters. The van der Waals surface area contributed by atoms with Gasteiger partial charge in [0.15, 0.2) is 0 Å². The number of likely N-dealkylation sites (tertiary alicyclic amines) is 1. The van der Waals surface area contributed by atoms with Gasteiger partial charge in [-0.25, -0.2) is 0 Å². The second-order valence-corrected chi connectivity index (χ2v) is 13.5. The van der Waals surface area contributed by atoms with Crippen molar-refractivity contribution in [3.05, 3.63) is 61.2 Å². The van der Waals surface area contributed by atoms with E-state index >= 15 is 0 Å². The summed E-state index contributed by atoms with van der Waals surface area (Å²) in [5.74, 6) is -3.08. The molecule has 4 heterocycles. The van der Waals surface area contributed by atoms with Crippen LogP contribution in [0.5, 0.6) is 0 Å². The zero-order valence-electron chi connectivity index (χ0n) is 28.7. The van der Waals surface area contributed by atoms with E-state index in [4.69, 9.17) is 14.2 Å². The lowest BCUT2D eigenvalue weighted by Crippen LogP contribution is -2.57. The highest BCUT2D eigenvalue weighted by molar-refractivity contribution is 5.98. The molecule has 49 heavy (non-hydrogen) atoms. The number of unbranched alkanes of at least 4 members (excludes halogenated alkanes) is 1. The Hall–Kier alpha value is -3.58. The van der Waals surface area contributed by atoms with Gasteiger partial charge in [0.25, 0.3) is 0 Å². The zero-order chi connectivity index (χ0) is 35.0. The first kappa shape index (κ1) is 36.7. The van der Waals surface area contributed by atoms with Gasteiger partial charge in [-0.1, -0.05) is 42.5 Å². The summed E-state index contributed by atoms with van der Waals surface area (Å²) >= 11 is 0. The van der Waals surface area contributed by atoms with Crippen molar-refractivity contribution in [2.24, 2.45) is 11.8 Å². The van der Waals surface area contributed by atoms with Crippen LogP contribution in [0.4, 0.5) is 0 Å². The van der Waals surface area contributed by atoms with Crippen LogP contribution in [0, 0.1) is 11.8 Å². The van der Waals surface area contributed by atoms with Crippen LogP contribution in [-0.4, -0.2) is 126 Å². The van der Waals surface area contributed by atoms with Crippen LogP contribution in [0.25, 0.3) is 0 Å². The summed E-state index contributed by atoms with van der Waals surface area (Å²) in [6.45, 7) is 13.9. The number of carbonyl (C=O) groups excluding carboxylic acids is 4. The molecule has 1 aromatic rings. The highest BCUT2D eigenvalue weighted by Gasteiger charge is 2.75. The maximum atomic E-state index is 14.6. The summed E-state index contributed by atoms with van der Waals surface area (Å²) in [5.41, 5.74) is -0.463. The Morgan fingerprint density at radius 2 is 1.90 bits per heavy atom. The normalized spacial score (nSPS) is 27.3. The van der Waals surface area contributed by atoms with E-state index in [1.807, 2.05) is 30.3 Å². The molecular formula is C37H52N4O8. The van der Waals surface area contributed by atoms with Crippen LogP contribution < -0.4 is 5.32 Å². The van der Waals surface area contributed by atoms with Gasteiger partial charge in [-0.15, -0.1) is 13.2 Å². The molecule has 12 heteroatoms. The Bertz CT molecular complexity index is 1340. The monoisotopic (exact) mass is 680 g/mol. The largest absolute Gasteiger partial charge is 0.455 e. The fourth-order valence-corrected chi connectivity index (χ4v) is 7.98. The number of fused-ring (bicyclic) bond motifs is 1. The van der Waals surface area contributed by atoms with E-state index in [2.05, 4.69) is 23.4 Å². The summed E-state index contributed by atoms with van der Waals surface area (Å²) in [6, 6.07) is 7.75. The molecule has 0 aliphatic carbocycles. The molecule has 4 aliphatic heterocycles. The van der Waals surface area contributed by atoms with Crippen LogP contribution in [0.1, 0.15) is 57.1 Å². The quantitative estimate of drug-likeness (QED) is 0.136. The van der Waals surface area contributed by atoms with E-state index in [0.717, 1.165) is 13.1 Å². The minimum absolute atomic E-state index is 0.0337. The number of aliphatic hydroxyl groups excluding tert-OH is 1. The predicted octanol–water partition coefficient (Wildman–Crippen LogP) is 2.24. The van der Waals surface area contributed by atoms with Gasteiger partial charge in [0, 0.05) is 52.3 Å². The average Bonchev–Trinajstić information content (AvgIpc) is 3.76. The molecule has 4 fully saturated rings. The van der Waals surface area contributed by atoms with Gasteiger partial charge in [0.1, 0.15) is 17.7 Å². The third-order valence-corrected chi connectivity index (χ3v) is 10.4. The fraction of sp³-hybridized carbons (Fsp3) is 0.622. The highest BCUT2D eigenvalue weighted by atomic mass is 16.6. The number of nitrogens with one attached hydrogen (secondary N) is 1. The van der Waals surface area contributed by atoms with Gasteiger partial charge in [0.05, 0.1) is 37.2 Å². The molecule has 268 valence electrons. The van der Waals surface area contributed by atoms with Crippen LogP contribution >= 0.6 is 0 Å². The van der Waals surface area contributed by atoms with Crippen molar-refractivity contribution >= 4 is 23.7 Å². The maximum absolute atomic E-state index is 14.6. The highest BCUT2D eigenvalue weighted by Crippen LogP contribution is 2.59. The minimum atomic E-state index is -1.17. The molecule has 2 bridgehead atoms. The number of carbonyl (C=O) groups is 4. The van der Waals surface area contributed by atoms with Gasteiger partial charge in [0.2, 0.25) is 17.7 Å². The number of morpholine rings is 1. The molecule has 0 saturated carbocycles. The van der Waals surface area contributed by atoms with Crippen molar-refractivity contribution in [1.29, 1.82) is 0 Å². The molecule has 12 nitrogen and oxygen atoms in total. The molecule has 3 amide bonds. The summed E-state index contributed by atoms with van der Waals surface area (Å²) < 4.78 is 18.4. The molecule has 1 spiro atoms. The third-order valence-electron chi connectivity index (χ3n) is 10.4. The molecule has 0 radical (unpaired) electrons. The van der Waals surface area contributed by atoms with Crippen LogP contribution in [0.2, 0.25) is 0 Å². The second-order valence-electron chi connectivity index (χ2n) is 13.5. The van der Waals surface area contributed by atoms with E-state index in [0.29, 0.717) is 70.5 Å². The van der Waals surface area contributed by atoms with Gasteiger partial charge in [-0.2, -0.15) is 0 Å². The van der Waals surface area contributed by atoms with Crippen molar-refractivity contribution in [3.63, 3.8) is 0 Å². The number of nitrogens with zero attached hydrogens (tertiary/aromatic N) is 3. The van der Waals surface area contributed by atoms with Crippen molar-refractivity contribution in [3.8, 4) is 0 Å². The Labute approximate surface area is 289 Å². The third kappa shape index (κ3) is 7.93. The predicted molar refractivity (Wildman–Crippen MR) is 182 cm³/mol. The van der Waals surface area contributed by atoms with Gasteiger partial charge in [-0.3, -0.25) is 24.1 Å². The van der Waals surface area contributed by atoms with Gasteiger partial charge < -0.3 is 34.4 Å². The van der Waals surface area contributed by atoms with E-state index in [9.17, 15) is 24.3 Å². The van der Waals surface area contributed by atoms with E-state index < -0.39 is 47.7 Å². The van der Waals surface area contributed by atoms with Gasteiger partial charge in [-0.05, 0) is 44.6 Å². The molecule has 2 N–H and O–H groups in total. The first-order valence-corrected chi connectivity index (χ1v) is 17.7. The molecule has 4 aliphatic rings. The van der Waals surface area contributed by atoms with Crippen molar-refractivity contribution in [2.75, 3.05) is 59.1 Å². The number of benzene rings is 1. The minimum Gasteiger partial charge on any atom is -0.455 e. The summed E-state index contributed by atoms with van der Waals surface area (Å²) in [5, 5.41) is 12.5. The fourth-order valence-electron chi connectivity index (χ4n) is 7.98. The van der Waals surface area contributed by atoms with Crippen molar-refractivity contribution in [2.45, 2.75) is 75.3 Å². The number of hydrogen-bond acceptors (Lipinski definition) is 9. The lowest BCUT2D eigenvalue weighted by Gasteiger charge is -2.37. The van der Waals surface area contributed by atoms with Crippen LogP contribution in [0.3, 0.4) is 0 Å². The number of amides is 3. The standard InChI is InChI=1S/C37H52N4O8/c1-4-6-14-29(43)38-26(3)32(27-12-8-7-9-13-27)48-36(46)30-28-15-16-37(49-28)31(30)34(44)41(18-10-11-23-42)33(37)35(45)40(17-5-2)20-19-39-21-24-47-25-22-39/h4-5,7-9,12-13,26,28,30-33,42H,1-2,6,10-11,14-25H2,3H3,(H,38,43)/t26-,28+,30-,31-,32-,33+,37-/m0/s1. The Balaban J connectivity index is 1.40. The zero-order valence-corrected chi connectivity index (χ0v) is 28.7. The lowest BCUT2D eigenvalue weighted by molar-refractivity contribution is -0.162. The maximum Gasteiger partial charge on any atom is 0.313 e. The number of hydrogen-bond donors (Lipinski definition) is 2. The van der Waals surface area contributed by atoms with Crippen LogP contribution in [0.15, 0.2) is 55.6 Å². The van der Waals surface area contributed by atoms with Crippen molar-refractivity contribution in [1.82, 2.24) is 20.0 Å². The van der Waals surface area contributed by atoms with E-state index in [1.54, 1.807) is 28.9 Å². The second kappa shape index (κ2) is 16.9. The van der Waals surface area contributed by atoms with E-state index in [-0.39, 0.29) is 37.3 Å². The molecular weight excluding hydrogens is 628 g/mol. The Morgan fingerprint density at radius 1 is 1.14 bits per heavy atom. The van der Waals surface area contributed by atoms with Crippen molar-refractivity contribution < 1.29 is 38.5 Å². The molecule has 0 aromatic heterocycles. The number of esters is 1. The molecule has 1 aromatic carbocycles. The topological polar surface area (TPSA) is 138 Å². The summed E-state index contributed by atoms with van der Waals surface area (Å²) in [4.78, 5) is 61.5. The SMILES string of the molecule is C=CCCC(=O)N[C@@H](C)[C@H](OC(=O)[C@@H]1[C@H]2C(=O)N(CCCCO)[C@H](C(=O)N(CC=C)CCN3CCOCC3)[C@]23CC[C@H]1O3)c1ccccc1. The number of allylic oxidation sites excluding steroid dienone is 1. The van der Waals surface area contributed by atoms with E-state index in [1.165, 1.54) is 0 Å². The smallest absolute Gasteiger partial charge is 0.313 e. The first-order valence-electron chi connectivity index (χ1n) is 17.7. The number of ether oxygens (including phenoxy) is 3. The average molecular weight is 681 g/mol. The molecule has 0 unspecified atom stereocenters. The first-order chi connectivity index (χ1) is 23.7. The van der Waals surface area contributed by atoms with Crippen LogP contribution in [-0.2, 0) is 33.4 Å². The molecule has 4 saturated heterocycles. The summed E-state index contributed by atoms with van der Waals surface area (Å²) in [7, 11) is 0. The number of aliphatic hydroxyl groups is 1. The Kier molecular flexibility index (Phi) is 12.6. The van der Waals surface area contributed by atoms with Gasteiger partial charge >= 0.3 is 5.97 Å². The Morgan fingerprint density at radius 3 is 2.59 bits per heavy atom. The summed E-state index contributed by atoms with van der Waals surface area (Å²) in [6.07, 6.45) is 4.71. The number of rotatable bonds is 18. The lowest BCUT2D eigenvalue weighted by atomic mass is 9.70. The molecule has 5 rings (SSSR count).